The van der Waals surface area contributed by atoms with E-state index < -0.39 is 12.0 Å². The van der Waals surface area contributed by atoms with Gasteiger partial charge in [0.2, 0.25) is 0 Å². The molecule has 0 spiro atoms. The van der Waals surface area contributed by atoms with Crippen molar-refractivity contribution in [3.05, 3.63) is 29.3 Å². The molecule has 0 aliphatic carbocycles. The summed E-state index contributed by atoms with van der Waals surface area (Å²) in [5.41, 5.74) is 0. The lowest BCUT2D eigenvalue weighted by molar-refractivity contribution is -0.140. The van der Waals surface area contributed by atoms with Crippen molar-refractivity contribution in [2.24, 2.45) is 5.92 Å². The summed E-state index contributed by atoms with van der Waals surface area (Å²) in [7, 11) is 0. The summed E-state index contributed by atoms with van der Waals surface area (Å²) in [6, 6.07) is 6.59. The normalized spacial score (nSPS) is 13.8. The SMILES string of the molecule is CC[C@H](C)[C@H](NCCOc1cccc(Cl)c1)C(=O)O. The second-order valence-corrected chi connectivity index (χ2v) is 4.90. The smallest absolute Gasteiger partial charge is 0.320 e. The molecule has 1 aromatic rings. The molecule has 4 nitrogen and oxygen atoms in total. The van der Waals surface area contributed by atoms with Gasteiger partial charge in [-0.1, -0.05) is 37.9 Å². The topological polar surface area (TPSA) is 58.6 Å². The minimum absolute atomic E-state index is 0.0867. The van der Waals surface area contributed by atoms with Crippen molar-refractivity contribution in [3.8, 4) is 5.75 Å². The quantitative estimate of drug-likeness (QED) is 0.721. The molecule has 1 aromatic carbocycles. The largest absolute Gasteiger partial charge is 0.492 e. The van der Waals surface area contributed by atoms with Crippen LogP contribution in [-0.4, -0.2) is 30.3 Å². The zero-order valence-electron chi connectivity index (χ0n) is 11.2. The summed E-state index contributed by atoms with van der Waals surface area (Å²) < 4.78 is 5.49. The summed E-state index contributed by atoms with van der Waals surface area (Å²) in [5.74, 6) is -0.0505. The Morgan fingerprint density at radius 3 is 2.84 bits per heavy atom. The zero-order valence-corrected chi connectivity index (χ0v) is 12.0. The number of hydrogen-bond donors (Lipinski definition) is 2. The molecule has 0 radical (unpaired) electrons. The number of carboxylic acid groups (broad SMARTS) is 1. The van der Waals surface area contributed by atoms with Crippen molar-refractivity contribution in [2.45, 2.75) is 26.3 Å². The standard InChI is InChI=1S/C14H20ClNO3/c1-3-10(2)13(14(17)18)16-7-8-19-12-6-4-5-11(15)9-12/h4-6,9-10,13,16H,3,7-8H2,1-2H3,(H,17,18)/t10-,13-/m0/s1. The van der Waals surface area contributed by atoms with Crippen LogP contribution in [-0.2, 0) is 4.79 Å². The van der Waals surface area contributed by atoms with Crippen LogP contribution in [0.3, 0.4) is 0 Å². The van der Waals surface area contributed by atoms with Crippen LogP contribution in [0.15, 0.2) is 24.3 Å². The van der Waals surface area contributed by atoms with Crippen LogP contribution in [0.4, 0.5) is 0 Å². The highest BCUT2D eigenvalue weighted by Gasteiger charge is 2.22. The molecule has 0 bridgehead atoms. The predicted molar refractivity (Wildman–Crippen MR) is 75.8 cm³/mol. The van der Waals surface area contributed by atoms with E-state index in [0.717, 1.165) is 6.42 Å². The molecule has 19 heavy (non-hydrogen) atoms. The number of carbonyl (C=O) groups is 1. The summed E-state index contributed by atoms with van der Waals surface area (Å²) in [5, 5.41) is 12.7. The minimum Gasteiger partial charge on any atom is -0.492 e. The molecule has 0 fully saturated rings. The van der Waals surface area contributed by atoms with Crippen molar-refractivity contribution in [1.82, 2.24) is 5.32 Å². The fourth-order valence-electron chi connectivity index (χ4n) is 1.71. The van der Waals surface area contributed by atoms with Crippen molar-refractivity contribution in [2.75, 3.05) is 13.2 Å². The number of aliphatic carboxylic acids is 1. The molecule has 0 saturated carbocycles. The molecule has 5 heteroatoms. The van der Waals surface area contributed by atoms with E-state index in [9.17, 15) is 4.79 Å². The van der Waals surface area contributed by atoms with Gasteiger partial charge in [0, 0.05) is 11.6 Å². The zero-order chi connectivity index (χ0) is 14.3. The van der Waals surface area contributed by atoms with Crippen LogP contribution in [0.25, 0.3) is 0 Å². The van der Waals surface area contributed by atoms with Crippen LogP contribution >= 0.6 is 11.6 Å². The van der Waals surface area contributed by atoms with Gasteiger partial charge >= 0.3 is 5.97 Å². The molecule has 106 valence electrons. The van der Waals surface area contributed by atoms with Gasteiger partial charge in [0.05, 0.1) is 0 Å². The third-order valence-corrected chi connectivity index (χ3v) is 3.25. The summed E-state index contributed by atoms with van der Waals surface area (Å²) >= 11 is 5.84. The summed E-state index contributed by atoms with van der Waals surface area (Å²) in [6.45, 7) is 4.78. The van der Waals surface area contributed by atoms with Crippen LogP contribution in [0.1, 0.15) is 20.3 Å². The molecule has 0 heterocycles. The summed E-state index contributed by atoms with van der Waals surface area (Å²) in [4.78, 5) is 11.1. The van der Waals surface area contributed by atoms with Gasteiger partial charge in [0.25, 0.3) is 0 Å². The van der Waals surface area contributed by atoms with Crippen LogP contribution in [0.5, 0.6) is 5.75 Å². The van der Waals surface area contributed by atoms with E-state index in [1.165, 1.54) is 0 Å². The Bertz CT molecular complexity index is 411. The Morgan fingerprint density at radius 2 is 2.26 bits per heavy atom. The molecule has 2 N–H and O–H groups in total. The Kier molecular flexibility index (Phi) is 6.67. The van der Waals surface area contributed by atoms with Gasteiger partial charge in [-0.25, -0.2) is 0 Å². The van der Waals surface area contributed by atoms with Crippen molar-refractivity contribution in [1.29, 1.82) is 0 Å². The first-order chi connectivity index (χ1) is 9.04. The highest BCUT2D eigenvalue weighted by atomic mass is 35.5. The van der Waals surface area contributed by atoms with Crippen LogP contribution < -0.4 is 10.1 Å². The van der Waals surface area contributed by atoms with Gasteiger partial charge in [-0.15, -0.1) is 0 Å². The molecular weight excluding hydrogens is 266 g/mol. The number of carboxylic acids is 1. The minimum atomic E-state index is -0.822. The van der Waals surface area contributed by atoms with Gasteiger partial charge in [-0.05, 0) is 24.1 Å². The highest BCUT2D eigenvalue weighted by molar-refractivity contribution is 6.30. The first kappa shape index (κ1) is 15.8. The molecule has 0 unspecified atom stereocenters. The van der Waals surface area contributed by atoms with Gasteiger partial charge in [-0.3, -0.25) is 4.79 Å². The number of nitrogens with one attached hydrogen (secondary N) is 1. The fourth-order valence-corrected chi connectivity index (χ4v) is 1.89. The van der Waals surface area contributed by atoms with Crippen molar-refractivity contribution >= 4 is 17.6 Å². The number of halogens is 1. The van der Waals surface area contributed by atoms with Crippen LogP contribution in [0.2, 0.25) is 5.02 Å². The lowest BCUT2D eigenvalue weighted by atomic mass is 9.99. The lowest BCUT2D eigenvalue weighted by Crippen LogP contribution is -2.43. The van der Waals surface area contributed by atoms with E-state index in [4.69, 9.17) is 21.4 Å². The number of hydrogen-bond acceptors (Lipinski definition) is 3. The van der Waals surface area contributed by atoms with Crippen molar-refractivity contribution in [3.63, 3.8) is 0 Å². The van der Waals surface area contributed by atoms with Crippen molar-refractivity contribution < 1.29 is 14.6 Å². The Morgan fingerprint density at radius 1 is 1.53 bits per heavy atom. The molecule has 1 rings (SSSR count). The Labute approximate surface area is 118 Å². The monoisotopic (exact) mass is 285 g/mol. The number of rotatable bonds is 8. The van der Waals surface area contributed by atoms with E-state index in [0.29, 0.717) is 23.9 Å². The fraction of sp³-hybridized carbons (Fsp3) is 0.500. The third kappa shape index (κ3) is 5.49. The number of ether oxygens (including phenoxy) is 1. The van der Waals surface area contributed by atoms with Gasteiger partial charge in [-0.2, -0.15) is 0 Å². The first-order valence-electron chi connectivity index (χ1n) is 6.39. The van der Waals surface area contributed by atoms with Gasteiger partial charge in [0.1, 0.15) is 18.4 Å². The Balaban J connectivity index is 2.35. The lowest BCUT2D eigenvalue weighted by Gasteiger charge is -2.20. The van der Waals surface area contributed by atoms with Crippen LogP contribution in [0, 0.1) is 5.92 Å². The van der Waals surface area contributed by atoms with E-state index in [1.54, 1.807) is 12.1 Å². The van der Waals surface area contributed by atoms with E-state index >= 15 is 0 Å². The molecule has 0 aromatic heterocycles. The van der Waals surface area contributed by atoms with E-state index in [1.807, 2.05) is 26.0 Å². The molecule has 0 aliphatic rings. The molecule has 0 amide bonds. The second kappa shape index (κ2) is 8.02. The molecule has 0 saturated heterocycles. The second-order valence-electron chi connectivity index (χ2n) is 4.46. The maximum absolute atomic E-state index is 11.1. The molecular formula is C14H20ClNO3. The average molecular weight is 286 g/mol. The van der Waals surface area contributed by atoms with E-state index in [2.05, 4.69) is 5.32 Å². The van der Waals surface area contributed by atoms with Gasteiger partial charge < -0.3 is 15.2 Å². The van der Waals surface area contributed by atoms with E-state index in [-0.39, 0.29) is 5.92 Å². The average Bonchev–Trinajstić information content (AvgIpc) is 2.37. The Hall–Kier alpha value is -1.26. The maximum atomic E-state index is 11.1. The predicted octanol–water partition coefficient (Wildman–Crippen LogP) is 2.81. The first-order valence-corrected chi connectivity index (χ1v) is 6.77. The van der Waals surface area contributed by atoms with Gasteiger partial charge in [0.15, 0.2) is 0 Å². The highest BCUT2D eigenvalue weighted by Crippen LogP contribution is 2.16. The maximum Gasteiger partial charge on any atom is 0.320 e. The molecule has 2 atom stereocenters. The summed E-state index contributed by atoms with van der Waals surface area (Å²) in [6.07, 6.45) is 0.819. The number of benzene rings is 1. The third-order valence-electron chi connectivity index (χ3n) is 3.01. The molecule has 0 aliphatic heterocycles.